The van der Waals surface area contributed by atoms with E-state index in [9.17, 15) is 0 Å². The third kappa shape index (κ3) is 4.50. The molecule has 162 valence electrons. The average molecular weight is 439 g/mol. The largest absolute Gasteiger partial charge is 0.376 e. The number of thiophene rings is 1. The first-order valence-electron chi connectivity index (χ1n) is 11.5. The lowest BCUT2D eigenvalue weighted by Gasteiger charge is -2.45. The monoisotopic (exact) mass is 438 g/mol. The van der Waals surface area contributed by atoms with Gasteiger partial charge < -0.3 is 5.32 Å². The number of anilines is 1. The fraction of sp³-hybridized carbons (Fsp3) is 0.241. The van der Waals surface area contributed by atoms with Crippen molar-refractivity contribution in [3.63, 3.8) is 0 Å². The summed E-state index contributed by atoms with van der Waals surface area (Å²) < 4.78 is 0. The molecule has 3 heteroatoms. The van der Waals surface area contributed by atoms with Crippen LogP contribution in [0, 0.1) is 0 Å². The van der Waals surface area contributed by atoms with E-state index in [0.717, 1.165) is 32.5 Å². The quantitative estimate of drug-likeness (QED) is 0.335. The Labute approximate surface area is 195 Å². The summed E-state index contributed by atoms with van der Waals surface area (Å²) in [7, 11) is 0. The van der Waals surface area contributed by atoms with Crippen LogP contribution in [0.1, 0.15) is 35.6 Å². The van der Waals surface area contributed by atoms with E-state index in [0.29, 0.717) is 6.04 Å². The maximum Gasteiger partial charge on any atom is 0.0882 e. The third-order valence-corrected chi connectivity index (χ3v) is 7.69. The Hall–Kier alpha value is -2.88. The van der Waals surface area contributed by atoms with Crippen molar-refractivity contribution in [2.45, 2.75) is 24.3 Å². The molecular weight excluding hydrogens is 408 g/mol. The Morgan fingerprint density at radius 1 is 0.719 bits per heavy atom. The number of likely N-dealkylation sites (tertiary alicyclic amines) is 1. The molecule has 1 aromatic heterocycles. The van der Waals surface area contributed by atoms with Crippen molar-refractivity contribution in [1.82, 2.24) is 4.90 Å². The van der Waals surface area contributed by atoms with Crippen molar-refractivity contribution < 1.29 is 0 Å². The number of hydrogen-bond donors (Lipinski definition) is 1. The number of piperidine rings is 1. The molecule has 1 N–H and O–H groups in total. The second-order valence-electron chi connectivity index (χ2n) is 8.74. The van der Waals surface area contributed by atoms with Crippen LogP contribution in [0.5, 0.6) is 0 Å². The summed E-state index contributed by atoms with van der Waals surface area (Å²) in [6, 6.07) is 37.7. The van der Waals surface area contributed by atoms with Gasteiger partial charge >= 0.3 is 0 Å². The minimum atomic E-state index is 0.152. The summed E-state index contributed by atoms with van der Waals surface area (Å²) >= 11 is 1.78. The predicted octanol–water partition coefficient (Wildman–Crippen LogP) is 6.98. The van der Waals surface area contributed by atoms with Gasteiger partial charge in [0.1, 0.15) is 0 Å². The van der Waals surface area contributed by atoms with Gasteiger partial charge in [-0.15, -0.1) is 11.3 Å². The van der Waals surface area contributed by atoms with Crippen LogP contribution in [0.4, 0.5) is 5.00 Å². The summed E-state index contributed by atoms with van der Waals surface area (Å²) in [5.41, 5.74) is 4.37. The molecule has 0 unspecified atom stereocenters. The summed E-state index contributed by atoms with van der Waals surface area (Å²) in [5, 5.41) is 7.14. The highest BCUT2D eigenvalue weighted by Crippen LogP contribution is 2.40. The van der Waals surface area contributed by atoms with Crippen molar-refractivity contribution in [2.24, 2.45) is 0 Å². The van der Waals surface area contributed by atoms with E-state index < -0.39 is 0 Å². The van der Waals surface area contributed by atoms with E-state index in [4.69, 9.17) is 0 Å². The Kier molecular flexibility index (Phi) is 6.38. The molecule has 32 heavy (non-hydrogen) atoms. The van der Waals surface area contributed by atoms with Crippen molar-refractivity contribution in [3.05, 3.63) is 125 Å². The fourth-order valence-electron chi connectivity index (χ4n) is 5.09. The van der Waals surface area contributed by atoms with Gasteiger partial charge in [-0.1, -0.05) is 91.0 Å². The molecule has 4 aromatic rings. The molecule has 0 aliphatic carbocycles. The van der Waals surface area contributed by atoms with Crippen LogP contribution in [-0.2, 0) is 5.41 Å². The molecule has 0 amide bonds. The highest BCUT2D eigenvalue weighted by molar-refractivity contribution is 7.14. The molecule has 1 saturated heterocycles. The van der Waals surface area contributed by atoms with Gasteiger partial charge in [-0.3, -0.25) is 4.90 Å². The lowest BCUT2D eigenvalue weighted by molar-refractivity contribution is 0.135. The predicted molar refractivity (Wildman–Crippen MR) is 136 cm³/mol. The number of hydrogen-bond acceptors (Lipinski definition) is 3. The Bertz CT molecular complexity index is 1030. The molecule has 0 radical (unpaired) electrons. The average Bonchev–Trinajstić information content (AvgIpc) is 3.40. The molecule has 2 heterocycles. The van der Waals surface area contributed by atoms with Crippen LogP contribution in [-0.4, -0.2) is 24.5 Å². The number of nitrogens with one attached hydrogen (secondary N) is 1. The summed E-state index contributed by atoms with van der Waals surface area (Å²) in [6.45, 7) is 3.14. The lowest BCUT2D eigenvalue weighted by atomic mass is 9.72. The smallest absolute Gasteiger partial charge is 0.0882 e. The van der Waals surface area contributed by atoms with Crippen molar-refractivity contribution >= 4 is 16.3 Å². The zero-order valence-electron chi connectivity index (χ0n) is 18.4. The van der Waals surface area contributed by atoms with Gasteiger partial charge in [-0.05, 0) is 60.1 Å². The van der Waals surface area contributed by atoms with E-state index in [2.05, 4.69) is 119 Å². The molecule has 5 rings (SSSR count). The van der Waals surface area contributed by atoms with Crippen molar-refractivity contribution in [2.75, 3.05) is 25.0 Å². The highest BCUT2D eigenvalue weighted by Gasteiger charge is 2.38. The second-order valence-corrected chi connectivity index (χ2v) is 9.68. The number of benzene rings is 3. The maximum atomic E-state index is 3.74. The Balaban J connectivity index is 1.41. The lowest BCUT2D eigenvalue weighted by Crippen LogP contribution is -2.47. The Morgan fingerprint density at radius 2 is 1.28 bits per heavy atom. The summed E-state index contributed by atoms with van der Waals surface area (Å²) in [4.78, 5) is 2.68. The van der Waals surface area contributed by atoms with E-state index in [-0.39, 0.29) is 5.41 Å². The van der Waals surface area contributed by atoms with Crippen molar-refractivity contribution in [1.29, 1.82) is 0 Å². The van der Waals surface area contributed by atoms with Gasteiger partial charge in [0.2, 0.25) is 0 Å². The first-order chi connectivity index (χ1) is 15.8. The number of rotatable bonds is 7. The van der Waals surface area contributed by atoms with Crippen LogP contribution >= 0.6 is 11.3 Å². The first-order valence-corrected chi connectivity index (χ1v) is 12.4. The van der Waals surface area contributed by atoms with Crippen molar-refractivity contribution in [3.8, 4) is 0 Å². The minimum absolute atomic E-state index is 0.152. The van der Waals surface area contributed by atoms with Gasteiger partial charge in [-0.25, -0.2) is 0 Å². The van der Waals surface area contributed by atoms with Crippen LogP contribution in [0.2, 0.25) is 0 Å². The highest BCUT2D eigenvalue weighted by atomic mass is 32.1. The molecule has 2 nitrogen and oxygen atoms in total. The van der Waals surface area contributed by atoms with E-state index in [1.807, 2.05) is 0 Å². The zero-order valence-corrected chi connectivity index (χ0v) is 19.2. The summed E-state index contributed by atoms with van der Waals surface area (Å²) in [6.07, 6.45) is 2.29. The molecular formula is C29H30N2S. The molecule has 0 saturated carbocycles. The van der Waals surface area contributed by atoms with Gasteiger partial charge in [0, 0.05) is 12.0 Å². The summed E-state index contributed by atoms with van der Waals surface area (Å²) in [5.74, 6) is 0. The Morgan fingerprint density at radius 3 is 1.81 bits per heavy atom. The molecule has 0 spiro atoms. The van der Waals surface area contributed by atoms with E-state index >= 15 is 0 Å². The van der Waals surface area contributed by atoms with Gasteiger partial charge in [0.15, 0.2) is 0 Å². The van der Waals surface area contributed by atoms with Crippen LogP contribution < -0.4 is 5.32 Å². The normalized spacial score (nSPS) is 16.2. The fourth-order valence-corrected chi connectivity index (χ4v) is 5.71. The molecule has 3 aromatic carbocycles. The standard InChI is InChI=1S/C29H30N2S/c1-4-11-24(12-5-1)28(25-13-6-2-7-14-25)31-20-18-29(19-21-31,26-15-8-3-9-16-26)23-30-27-17-10-22-32-27/h1-17,22,28,30H,18-21,23H2. The molecule has 0 bridgehead atoms. The first kappa shape index (κ1) is 21.0. The molecule has 1 aliphatic rings. The molecule has 0 atom stereocenters. The second kappa shape index (κ2) is 9.72. The molecule has 1 aliphatic heterocycles. The van der Waals surface area contributed by atoms with Crippen LogP contribution in [0.25, 0.3) is 0 Å². The zero-order chi connectivity index (χ0) is 21.6. The SMILES string of the molecule is c1ccc(C(c2ccccc2)N2CCC(CNc3cccs3)(c3ccccc3)CC2)cc1. The van der Waals surface area contributed by atoms with Gasteiger partial charge in [0.25, 0.3) is 0 Å². The van der Waals surface area contributed by atoms with Crippen LogP contribution in [0.15, 0.2) is 109 Å². The van der Waals surface area contributed by atoms with E-state index in [1.54, 1.807) is 11.3 Å². The van der Waals surface area contributed by atoms with Crippen LogP contribution in [0.3, 0.4) is 0 Å². The van der Waals surface area contributed by atoms with E-state index in [1.165, 1.54) is 21.7 Å². The maximum absolute atomic E-state index is 3.74. The molecule has 1 fully saturated rings. The van der Waals surface area contributed by atoms with Gasteiger partial charge in [-0.2, -0.15) is 0 Å². The third-order valence-electron chi connectivity index (χ3n) is 6.86. The minimum Gasteiger partial charge on any atom is -0.376 e. The van der Waals surface area contributed by atoms with Gasteiger partial charge in [0.05, 0.1) is 11.0 Å². The topological polar surface area (TPSA) is 15.3 Å². The number of nitrogens with zero attached hydrogens (tertiary/aromatic N) is 1.